The average molecular weight is 500 g/mol. The fourth-order valence-corrected chi connectivity index (χ4v) is 5.49. The molecule has 2 atom stereocenters. The molecule has 3 heterocycles. The number of nitrogens with one attached hydrogen (secondary N) is 2. The number of carbonyl (C=O) groups excluding carboxylic acids is 1. The van der Waals surface area contributed by atoms with Gasteiger partial charge in [0.15, 0.2) is 0 Å². The number of amides is 1. The third-order valence-electron chi connectivity index (χ3n) is 6.98. The van der Waals surface area contributed by atoms with Gasteiger partial charge in [-0.3, -0.25) is 4.79 Å². The summed E-state index contributed by atoms with van der Waals surface area (Å²) in [5.41, 5.74) is 9.38. The molecule has 4 rings (SSSR count). The van der Waals surface area contributed by atoms with Crippen molar-refractivity contribution in [1.82, 2.24) is 25.6 Å². The van der Waals surface area contributed by atoms with Gasteiger partial charge in [0.1, 0.15) is 0 Å². The Kier molecular flexibility index (Phi) is 7.66. The Morgan fingerprint density at radius 3 is 2.85 bits per heavy atom. The maximum Gasteiger partial charge on any atom is 0.230 e. The predicted molar refractivity (Wildman–Crippen MR) is 139 cm³/mol. The first-order chi connectivity index (χ1) is 16.3. The summed E-state index contributed by atoms with van der Waals surface area (Å²) in [5, 5.41) is 7.24. The lowest BCUT2D eigenvalue weighted by atomic mass is 9.81. The van der Waals surface area contributed by atoms with Crippen LogP contribution in [0.1, 0.15) is 56.5 Å². The molecule has 34 heavy (non-hydrogen) atoms. The number of aromatic nitrogens is 3. The summed E-state index contributed by atoms with van der Waals surface area (Å²) in [6.07, 6.45) is 5.34. The van der Waals surface area contributed by atoms with Gasteiger partial charge in [-0.1, -0.05) is 21.7 Å². The summed E-state index contributed by atoms with van der Waals surface area (Å²) >= 11 is 6.18. The van der Waals surface area contributed by atoms with Crippen LogP contribution in [-0.4, -0.2) is 34.5 Å². The van der Waals surface area contributed by atoms with Gasteiger partial charge < -0.3 is 15.4 Å². The van der Waals surface area contributed by atoms with Gasteiger partial charge in [-0.05, 0) is 79.0 Å². The van der Waals surface area contributed by atoms with Crippen molar-refractivity contribution in [2.24, 2.45) is 5.92 Å². The van der Waals surface area contributed by atoms with E-state index in [1.54, 1.807) is 0 Å². The molecule has 2 aromatic rings. The fraction of sp³-hybridized carbons (Fsp3) is 0.440. The van der Waals surface area contributed by atoms with Crippen molar-refractivity contribution < 1.29 is 9.53 Å². The average Bonchev–Trinajstić information content (AvgIpc) is 2.83. The molecule has 1 amide bonds. The van der Waals surface area contributed by atoms with Crippen molar-refractivity contribution in [3.05, 3.63) is 50.6 Å². The first kappa shape index (κ1) is 24.8. The van der Waals surface area contributed by atoms with Gasteiger partial charge >= 0.3 is 0 Å². The van der Waals surface area contributed by atoms with Crippen LogP contribution >= 0.6 is 20.8 Å². The smallest absolute Gasteiger partial charge is 0.230 e. The first-order valence-electron chi connectivity index (χ1n) is 11.6. The number of nitrogens with zero attached hydrogens (tertiary/aromatic N) is 3. The molecule has 0 radical (unpaired) electrons. The normalized spacial score (nSPS) is 16.9. The summed E-state index contributed by atoms with van der Waals surface area (Å²) in [7, 11) is 2.82. The molecule has 2 N–H and O–H groups in total. The lowest BCUT2D eigenvalue weighted by Crippen LogP contribution is -2.26. The van der Waals surface area contributed by atoms with E-state index in [1.807, 2.05) is 6.20 Å². The van der Waals surface area contributed by atoms with E-state index in [1.165, 1.54) is 27.9 Å². The first-order valence-corrected chi connectivity index (χ1v) is 12.5. The summed E-state index contributed by atoms with van der Waals surface area (Å²) in [5.74, 6) is 1.23. The third-order valence-corrected chi connectivity index (χ3v) is 7.69. The second-order valence-corrected chi connectivity index (χ2v) is 9.88. The van der Waals surface area contributed by atoms with E-state index in [9.17, 15) is 4.79 Å². The van der Waals surface area contributed by atoms with E-state index < -0.39 is 0 Å². The molecule has 0 saturated heterocycles. The lowest BCUT2D eigenvalue weighted by Gasteiger charge is -2.26. The van der Waals surface area contributed by atoms with Crippen LogP contribution in [0.25, 0.3) is 5.57 Å². The van der Waals surface area contributed by atoms with E-state index in [0.717, 1.165) is 54.3 Å². The van der Waals surface area contributed by atoms with Crippen molar-refractivity contribution >= 4 is 38.1 Å². The number of halogens is 1. The second-order valence-electron chi connectivity index (χ2n) is 8.97. The van der Waals surface area contributed by atoms with Gasteiger partial charge in [0.05, 0.1) is 11.3 Å². The lowest BCUT2D eigenvalue weighted by molar-refractivity contribution is -0.109. The van der Waals surface area contributed by atoms with E-state index in [0.29, 0.717) is 24.8 Å². The quantitative estimate of drug-likeness (QED) is 0.341. The minimum absolute atomic E-state index is 0.187. The largest absolute Gasteiger partial charge is 0.419 e. The number of hydrogen-bond donors (Lipinski definition) is 2. The molecule has 0 spiro atoms. The highest BCUT2D eigenvalue weighted by Crippen LogP contribution is 2.38. The van der Waals surface area contributed by atoms with Crippen LogP contribution in [0, 0.1) is 5.92 Å². The number of hydrogen-bond acceptors (Lipinski definition) is 6. The Labute approximate surface area is 208 Å². The van der Waals surface area contributed by atoms with Crippen LogP contribution in [0.4, 0.5) is 0 Å². The Bertz CT molecular complexity index is 1190. The second kappa shape index (κ2) is 10.5. The summed E-state index contributed by atoms with van der Waals surface area (Å²) in [6.45, 7) is 10.8. The molecule has 0 bridgehead atoms. The molecule has 0 saturated carbocycles. The van der Waals surface area contributed by atoms with Gasteiger partial charge in [0.2, 0.25) is 23.5 Å². The monoisotopic (exact) mass is 499 g/mol. The zero-order valence-electron chi connectivity index (χ0n) is 20.1. The maximum atomic E-state index is 10.7. The zero-order chi connectivity index (χ0) is 24.4. The number of carbonyl (C=O) groups is 1. The number of aryl methyl sites for hydroxylation is 1. The molecule has 9 heteroatoms. The van der Waals surface area contributed by atoms with Crippen molar-refractivity contribution in [1.29, 1.82) is 0 Å². The Morgan fingerprint density at radius 1 is 1.29 bits per heavy atom. The third kappa shape index (κ3) is 4.88. The number of rotatable bonds is 7. The SMILES string of the molecule is CC1=C(/C(C)=C(\C)C(C)CNC=O)CCc2cnc(Oc3nc(Cl)nc4c3CNCC4)c(P)c21. The van der Waals surface area contributed by atoms with E-state index in [2.05, 4.69) is 62.5 Å². The van der Waals surface area contributed by atoms with Crippen LogP contribution in [0.2, 0.25) is 5.28 Å². The van der Waals surface area contributed by atoms with Gasteiger partial charge in [-0.2, -0.15) is 4.98 Å². The molecule has 7 nitrogen and oxygen atoms in total. The molecule has 2 aromatic heterocycles. The highest BCUT2D eigenvalue weighted by molar-refractivity contribution is 7.28. The highest BCUT2D eigenvalue weighted by atomic mass is 35.5. The van der Waals surface area contributed by atoms with Gasteiger partial charge in [0.25, 0.3) is 0 Å². The van der Waals surface area contributed by atoms with E-state index in [4.69, 9.17) is 16.3 Å². The fourth-order valence-electron chi connectivity index (χ4n) is 4.78. The van der Waals surface area contributed by atoms with Crippen molar-refractivity contribution in [3.63, 3.8) is 0 Å². The van der Waals surface area contributed by atoms with Gasteiger partial charge in [-0.15, -0.1) is 0 Å². The number of allylic oxidation sites excluding steroid dienone is 3. The van der Waals surface area contributed by atoms with Crippen molar-refractivity contribution in [2.45, 2.75) is 53.5 Å². The van der Waals surface area contributed by atoms with Crippen LogP contribution < -0.4 is 20.7 Å². The zero-order valence-corrected chi connectivity index (χ0v) is 22.0. The van der Waals surface area contributed by atoms with Crippen LogP contribution in [0.3, 0.4) is 0 Å². The molecular formula is C25H31ClN5O2P. The summed E-state index contributed by atoms with van der Waals surface area (Å²) in [4.78, 5) is 24.1. The van der Waals surface area contributed by atoms with Crippen LogP contribution in [0.15, 0.2) is 22.9 Å². The summed E-state index contributed by atoms with van der Waals surface area (Å²) in [6, 6.07) is 0. The van der Waals surface area contributed by atoms with E-state index in [-0.39, 0.29) is 11.2 Å². The predicted octanol–water partition coefficient (Wildman–Crippen LogP) is 3.90. The van der Waals surface area contributed by atoms with Crippen LogP contribution in [0.5, 0.6) is 11.8 Å². The van der Waals surface area contributed by atoms with E-state index >= 15 is 0 Å². The Balaban J connectivity index is 1.72. The molecule has 2 aliphatic rings. The minimum atomic E-state index is 0.187. The Hall–Kier alpha value is -2.34. The van der Waals surface area contributed by atoms with Gasteiger partial charge in [0, 0.05) is 37.6 Å². The summed E-state index contributed by atoms with van der Waals surface area (Å²) < 4.78 is 6.25. The van der Waals surface area contributed by atoms with Gasteiger partial charge in [-0.25, -0.2) is 9.97 Å². The topological polar surface area (TPSA) is 89.0 Å². The Morgan fingerprint density at radius 2 is 2.09 bits per heavy atom. The number of fused-ring (bicyclic) bond motifs is 2. The molecule has 0 fully saturated rings. The molecule has 1 aliphatic carbocycles. The van der Waals surface area contributed by atoms with Crippen molar-refractivity contribution in [3.8, 4) is 11.8 Å². The number of pyridine rings is 1. The maximum absolute atomic E-state index is 10.7. The number of ether oxygens (including phenoxy) is 1. The van der Waals surface area contributed by atoms with Crippen LogP contribution in [-0.2, 0) is 24.2 Å². The minimum Gasteiger partial charge on any atom is -0.419 e. The molecule has 2 unspecified atom stereocenters. The molecule has 1 aliphatic heterocycles. The standard InChI is InChI=1S/C25H31ClN5O2P/c1-13(9-28-12-32)14(2)15(3)18-6-5-17-10-29-24(22(34)21(17)16(18)4)33-23-19-11-27-8-7-20(19)30-25(26)31-23/h10,12-13,27H,5-9,11,34H2,1-4H3,(H,28,32)/b15-14+. The molecular weight excluding hydrogens is 469 g/mol. The molecule has 0 aromatic carbocycles. The molecule has 180 valence electrons. The highest BCUT2D eigenvalue weighted by Gasteiger charge is 2.25. The van der Waals surface area contributed by atoms with Crippen molar-refractivity contribution in [2.75, 3.05) is 13.1 Å².